The quantitative estimate of drug-likeness (QED) is 0.158. The van der Waals surface area contributed by atoms with Crippen LogP contribution in [0.1, 0.15) is 96.8 Å². The highest BCUT2D eigenvalue weighted by atomic mass is 14.0. The monoisotopic (exact) mass is 367 g/mol. The van der Waals surface area contributed by atoms with E-state index in [9.17, 15) is 0 Å². The fourth-order valence-electron chi connectivity index (χ4n) is 2.97. The van der Waals surface area contributed by atoms with Crippen molar-refractivity contribution in [2.45, 2.75) is 96.8 Å². The zero-order valence-electron chi connectivity index (χ0n) is 17.8. The van der Waals surface area contributed by atoms with Gasteiger partial charge in [0.05, 0.1) is 0 Å². The van der Waals surface area contributed by atoms with Gasteiger partial charge in [0.2, 0.25) is 0 Å². The Morgan fingerprint density at radius 3 is 1.26 bits per heavy atom. The first-order valence-electron chi connectivity index (χ1n) is 11.3. The first-order valence-corrected chi connectivity index (χ1v) is 11.3. The van der Waals surface area contributed by atoms with E-state index < -0.39 is 0 Å². The first kappa shape index (κ1) is 25.4. The molecule has 151 valence electrons. The SMILES string of the molecule is [CH]=C/C=C/C=C/C=C/C=C/C=C/CCCCCCCCCCCCCCC. The molecule has 0 aliphatic carbocycles. The molecule has 0 aromatic heterocycles. The number of rotatable bonds is 19. The van der Waals surface area contributed by atoms with E-state index in [1.807, 2.05) is 30.4 Å². The Morgan fingerprint density at radius 1 is 0.444 bits per heavy atom. The number of unbranched alkanes of at least 4 members (excludes halogenated alkanes) is 13. The number of hydrogen-bond donors (Lipinski definition) is 0. The molecule has 0 unspecified atom stereocenters. The van der Waals surface area contributed by atoms with E-state index in [1.54, 1.807) is 6.08 Å². The molecule has 0 aromatic carbocycles. The van der Waals surface area contributed by atoms with Gasteiger partial charge in [-0.2, -0.15) is 0 Å². The summed E-state index contributed by atoms with van der Waals surface area (Å²) in [6.45, 7) is 7.53. The second-order valence-corrected chi connectivity index (χ2v) is 7.19. The van der Waals surface area contributed by atoms with Gasteiger partial charge in [-0.15, -0.1) is 0 Å². The highest BCUT2D eigenvalue weighted by molar-refractivity contribution is 5.18. The minimum atomic E-state index is 1.20. The van der Waals surface area contributed by atoms with E-state index in [0.717, 1.165) is 0 Å². The van der Waals surface area contributed by atoms with Crippen molar-refractivity contribution in [1.82, 2.24) is 0 Å². The van der Waals surface area contributed by atoms with Gasteiger partial charge in [-0.25, -0.2) is 0 Å². The van der Waals surface area contributed by atoms with Gasteiger partial charge in [-0.3, -0.25) is 0 Å². The first-order chi connectivity index (χ1) is 13.4. The fourth-order valence-corrected chi connectivity index (χ4v) is 2.97. The van der Waals surface area contributed by atoms with E-state index in [2.05, 4.69) is 31.2 Å². The molecule has 1 radical (unpaired) electrons. The molecule has 0 amide bonds. The zero-order chi connectivity index (χ0) is 19.7. The van der Waals surface area contributed by atoms with Gasteiger partial charge in [0.25, 0.3) is 0 Å². The Kier molecular flexibility index (Phi) is 23.0. The maximum Gasteiger partial charge on any atom is -0.0348 e. The van der Waals surface area contributed by atoms with Crippen molar-refractivity contribution in [3.05, 3.63) is 73.4 Å². The lowest BCUT2D eigenvalue weighted by Gasteiger charge is -2.02. The predicted molar refractivity (Wildman–Crippen MR) is 125 cm³/mol. The predicted octanol–water partition coefficient (Wildman–Crippen LogP) is 9.24. The summed E-state index contributed by atoms with van der Waals surface area (Å²) in [6.07, 6.45) is 41.5. The van der Waals surface area contributed by atoms with Crippen LogP contribution in [0.25, 0.3) is 0 Å². The van der Waals surface area contributed by atoms with Crippen LogP contribution in [0.4, 0.5) is 0 Å². The van der Waals surface area contributed by atoms with Gasteiger partial charge in [0.1, 0.15) is 0 Å². The third-order valence-electron chi connectivity index (χ3n) is 4.61. The summed E-state index contributed by atoms with van der Waals surface area (Å²) in [5.41, 5.74) is 0. The summed E-state index contributed by atoms with van der Waals surface area (Å²) in [4.78, 5) is 0. The molecule has 0 bridgehead atoms. The van der Waals surface area contributed by atoms with E-state index in [1.165, 1.54) is 96.0 Å². The molecule has 0 nitrogen and oxygen atoms in total. The van der Waals surface area contributed by atoms with Crippen molar-refractivity contribution in [2.24, 2.45) is 0 Å². The number of hydrogen-bond acceptors (Lipinski definition) is 0. The van der Waals surface area contributed by atoms with Crippen LogP contribution in [-0.2, 0) is 0 Å². The minimum absolute atomic E-state index is 1.20. The maximum atomic E-state index is 5.24. The summed E-state index contributed by atoms with van der Waals surface area (Å²) in [6, 6.07) is 0. The van der Waals surface area contributed by atoms with Crippen LogP contribution in [0.15, 0.2) is 66.8 Å². The van der Waals surface area contributed by atoms with Gasteiger partial charge < -0.3 is 0 Å². The van der Waals surface area contributed by atoms with Crippen LogP contribution in [0.2, 0.25) is 0 Å². The summed E-state index contributed by atoms with van der Waals surface area (Å²) < 4.78 is 0. The molecule has 27 heavy (non-hydrogen) atoms. The van der Waals surface area contributed by atoms with Crippen LogP contribution in [0, 0.1) is 6.58 Å². The Hall–Kier alpha value is -1.56. The summed E-state index contributed by atoms with van der Waals surface area (Å²) >= 11 is 0. The minimum Gasteiger partial charge on any atom is -0.0845 e. The van der Waals surface area contributed by atoms with Gasteiger partial charge in [-0.1, -0.05) is 157 Å². The molecule has 0 heterocycles. The van der Waals surface area contributed by atoms with Crippen molar-refractivity contribution < 1.29 is 0 Å². The van der Waals surface area contributed by atoms with Gasteiger partial charge in [-0.05, 0) is 12.8 Å². The Labute approximate surface area is 170 Å². The normalized spacial score (nSPS) is 12.6. The summed E-state index contributed by atoms with van der Waals surface area (Å²) in [5, 5.41) is 0. The van der Waals surface area contributed by atoms with Crippen molar-refractivity contribution >= 4 is 0 Å². The molecule has 0 fully saturated rings. The smallest absolute Gasteiger partial charge is 0.0348 e. The molecule has 0 atom stereocenters. The lowest BCUT2D eigenvalue weighted by atomic mass is 10.0. The standard InChI is InChI=1S/C27H43/c1-3-5-7-9-11-13-15-17-19-21-23-25-27-26-24-22-20-18-16-14-12-10-8-6-4-2/h1,3,5,7,9,11,13,15,17,19,21,23H,4,6,8,10,12,14,16,18,20,22,24-27H2,2H3/b3-1?,7-5+,11-9+,15-13+,19-17+,23-21+. The summed E-state index contributed by atoms with van der Waals surface area (Å²) in [5.74, 6) is 0. The highest BCUT2D eigenvalue weighted by Crippen LogP contribution is 2.12. The van der Waals surface area contributed by atoms with Crippen LogP contribution in [-0.4, -0.2) is 0 Å². The van der Waals surface area contributed by atoms with Crippen LogP contribution < -0.4 is 0 Å². The lowest BCUT2D eigenvalue weighted by molar-refractivity contribution is 0.540. The molecule has 0 aliphatic heterocycles. The third kappa shape index (κ3) is 24.4. The van der Waals surface area contributed by atoms with Gasteiger partial charge in [0.15, 0.2) is 0 Å². The van der Waals surface area contributed by atoms with E-state index in [0.29, 0.717) is 0 Å². The van der Waals surface area contributed by atoms with Crippen molar-refractivity contribution in [3.63, 3.8) is 0 Å². The molecule has 0 N–H and O–H groups in total. The molecule has 0 heteroatoms. The van der Waals surface area contributed by atoms with E-state index in [4.69, 9.17) is 6.58 Å². The molecule has 0 rings (SSSR count). The Bertz CT molecular complexity index is 431. The summed E-state index contributed by atoms with van der Waals surface area (Å²) in [7, 11) is 0. The van der Waals surface area contributed by atoms with Crippen LogP contribution >= 0.6 is 0 Å². The second-order valence-electron chi connectivity index (χ2n) is 7.19. The lowest BCUT2D eigenvalue weighted by Crippen LogP contribution is -1.82. The zero-order valence-corrected chi connectivity index (χ0v) is 17.8. The van der Waals surface area contributed by atoms with Crippen molar-refractivity contribution in [2.75, 3.05) is 0 Å². The van der Waals surface area contributed by atoms with Crippen molar-refractivity contribution in [1.29, 1.82) is 0 Å². The van der Waals surface area contributed by atoms with Crippen molar-refractivity contribution in [3.8, 4) is 0 Å². The van der Waals surface area contributed by atoms with Gasteiger partial charge >= 0.3 is 0 Å². The molecular formula is C27H43. The van der Waals surface area contributed by atoms with E-state index >= 15 is 0 Å². The fraction of sp³-hybridized carbons (Fsp3) is 0.556. The average molecular weight is 368 g/mol. The molecule has 0 aromatic rings. The Morgan fingerprint density at radius 2 is 0.815 bits per heavy atom. The average Bonchev–Trinajstić information content (AvgIpc) is 2.68. The molecule has 0 saturated carbocycles. The second kappa shape index (κ2) is 24.4. The highest BCUT2D eigenvalue weighted by Gasteiger charge is 1.93. The number of allylic oxidation sites excluding steroid dienone is 11. The van der Waals surface area contributed by atoms with Crippen LogP contribution in [0.5, 0.6) is 0 Å². The largest absolute Gasteiger partial charge is 0.0845 e. The molecule has 0 aliphatic rings. The maximum absolute atomic E-state index is 5.24. The third-order valence-corrected chi connectivity index (χ3v) is 4.61. The topological polar surface area (TPSA) is 0 Å². The van der Waals surface area contributed by atoms with E-state index in [-0.39, 0.29) is 0 Å². The van der Waals surface area contributed by atoms with Gasteiger partial charge in [0, 0.05) is 0 Å². The Balaban J connectivity index is 3.29. The molecular weight excluding hydrogens is 324 g/mol. The molecule has 0 saturated heterocycles. The molecule has 0 spiro atoms. The van der Waals surface area contributed by atoms with Crippen LogP contribution in [0.3, 0.4) is 0 Å².